The predicted octanol–water partition coefficient (Wildman–Crippen LogP) is 11.6. The minimum absolute atomic E-state index is 0.0446. The van der Waals surface area contributed by atoms with E-state index in [4.69, 9.17) is 9.05 Å². The summed E-state index contributed by atoms with van der Waals surface area (Å²) in [5, 5.41) is 13.7. The third kappa shape index (κ3) is 39.5. The molecule has 0 aliphatic carbocycles. The first kappa shape index (κ1) is 52.4. The number of aliphatic hydroxyl groups excluding tert-OH is 1. The number of allylic oxidation sites excluding steroid dienone is 15. The van der Waals surface area contributed by atoms with Crippen molar-refractivity contribution in [2.75, 3.05) is 40.9 Å². The molecule has 0 aromatic rings. The Morgan fingerprint density at radius 2 is 1.11 bits per heavy atom. The van der Waals surface area contributed by atoms with E-state index in [0.717, 1.165) is 89.9 Å². The molecule has 0 saturated heterocycles. The standard InChI is InChI=1S/C46H79N2O6P/c1-6-8-10-12-14-16-18-19-20-21-22-23-24-25-26-27-28-29-30-32-34-36-38-40-46(50)47-44(43-54-55(51,52)53-42-41-48(3,4)5)45(49)39-37-35-33-31-17-15-13-11-9-7-2/h8,10,14,16-17,19-20,22-23,25-26,28-29,31,37,39,44-45,49H,6-7,9,11-13,15,18,21,24,27,30,32-36,38,40-43H2,1-5H3,(H-,47,50,51,52)/p+1/b10-8-,16-14-,20-19-,23-22-,26-25-,29-28-,31-17+,39-37+. The number of unbranched alkanes of at least 4 members (excludes halogenated alkanes) is 9. The number of carbonyl (C=O) groups is 1. The molecule has 0 radical (unpaired) electrons. The summed E-state index contributed by atoms with van der Waals surface area (Å²) in [4.78, 5) is 23.0. The lowest BCUT2D eigenvalue weighted by atomic mass is 10.1. The monoisotopic (exact) mass is 788 g/mol. The molecular formula is C46H80N2O6P+. The number of hydrogen-bond donors (Lipinski definition) is 3. The molecule has 0 saturated carbocycles. The van der Waals surface area contributed by atoms with Gasteiger partial charge in [0.05, 0.1) is 39.9 Å². The maximum atomic E-state index is 12.8. The molecule has 1 amide bonds. The van der Waals surface area contributed by atoms with E-state index in [9.17, 15) is 19.4 Å². The predicted molar refractivity (Wildman–Crippen MR) is 235 cm³/mol. The zero-order valence-electron chi connectivity index (χ0n) is 35.4. The van der Waals surface area contributed by atoms with Crippen molar-refractivity contribution < 1.29 is 32.9 Å². The molecule has 0 heterocycles. The summed E-state index contributed by atoms with van der Waals surface area (Å²) in [6.45, 7) is 4.58. The van der Waals surface area contributed by atoms with E-state index in [1.165, 1.54) is 25.7 Å². The quantitative estimate of drug-likeness (QED) is 0.0253. The van der Waals surface area contributed by atoms with Gasteiger partial charge in [0.1, 0.15) is 13.2 Å². The lowest BCUT2D eigenvalue weighted by Gasteiger charge is -2.25. The lowest BCUT2D eigenvalue weighted by molar-refractivity contribution is -0.870. The molecule has 55 heavy (non-hydrogen) atoms. The van der Waals surface area contributed by atoms with E-state index < -0.39 is 20.0 Å². The van der Waals surface area contributed by atoms with E-state index in [-0.39, 0.29) is 19.1 Å². The van der Waals surface area contributed by atoms with Crippen molar-refractivity contribution in [1.82, 2.24) is 5.32 Å². The smallest absolute Gasteiger partial charge is 0.387 e. The van der Waals surface area contributed by atoms with Gasteiger partial charge in [-0.3, -0.25) is 13.8 Å². The number of phosphoric ester groups is 1. The fourth-order valence-electron chi connectivity index (χ4n) is 5.17. The zero-order valence-corrected chi connectivity index (χ0v) is 36.3. The van der Waals surface area contributed by atoms with E-state index in [2.05, 4.69) is 104 Å². The fraction of sp³-hybridized carbons (Fsp3) is 0.630. The van der Waals surface area contributed by atoms with E-state index in [1.54, 1.807) is 6.08 Å². The number of rotatable bonds is 36. The Kier molecular flexibility index (Phi) is 35.3. The average Bonchev–Trinajstić information content (AvgIpc) is 3.13. The van der Waals surface area contributed by atoms with Crippen LogP contribution in [0.1, 0.15) is 136 Å². The van der Waals surface area contributed by atoms with Gasteiger partial charge in [0.2, 0.25) is 5.91 Å². The van der Waals surface area contributed by atoms with Crippen molar-refractivity contribution in [2.24, 2.45) is 0 Å². The zero-order chi connectivity index (χ0) is 40.7. The third-order valence-electron chi connectivity index (χ3n) is 8.54. The molecule has 0 fully saturated rings. The largest absolute Gasteiger partial charge is 0.472 e. The Balaban J connectivity index is 4.46. The molecule has 3 N–H and O–H groups in total. The van der Waals surface area contributed by atoms with Gasteiger partial charge in [-0.1, -0.05) is 143 Å². The van der Waals surface area contributed by atoms with Gasteiger partial charge in [0.15, 0.2) is 0 Å². The summed E-state index contributed by atoms with van der Waals surface area (Å²) in [5.74, 6) is -0.220. The van der Waals surface area contributed by atoms with Crippen LogP contribution in [0.2, 0.25) is 0 Å². The first-order chi connectivity index (χ1) is 26.5. The number of aliphatic hydroxyl groups is 1. The van der Waals surface area contributed by atoms with Crippen LogP contribution in [0, 0.1) is 0 Å². The highest BCUT2D eigenvalue weighted by atomic mass is 31.2. The van der Waals surface area contributed by atoms with Gasteiger partial charge in [-0.2, -0.15) is 0 Å². The summed E-state index contributed by atoms with van der Waals surface area (Å²) in [6, 6.07) is -0.881. The molecule has 0 rings (SSSR count). The van der Waals surface area contributed by atoms with Crippen LogP contribution in [-0.2, 0) is 18.4 Å². The Morgan fingerprint density at radius 3 is 1.65 bits per heavy atom. The first-order valence-electron chi connectivity index (χ1n) is 21.1. The molecule has 9 heteroatoms. The van der Waals surface area contributed by atoms with Crippen molar-refractivity contribution in [2.45, 2.75) is 148 Å². The van der Waals surface area contributed by atoms with Crippen LogP contribution in [0.3, 0.4) is 0 Å². The van der Waals surface area contributed by atoms with Crippen molar-refractivity contribution in [3.05, 3.63) is 97.2 Å². The summed E-state index contributed by atoms with van der Waals surface area (Å²) >= 11 is 0. The molecule has 0 aliphatic heterocycles. The van der Waals surface area contributed by atoms with Gasteiger partial charge in [-0.15, -0.1) is 0 Å². The number of quaternary nitrogens is 1. The highest BCUT2D eigenvalue weighted by Crippen LogP contribution is 2.43. The molecule has 314 valence electrons. The number of amides is 1. The summed E-state index contributed by atoms with van der Waals surface area (Å²) < 4.78 is 23.4. The van der Waals surface area contributed by atoms with Gasteiger partial charge in [0, 0.05) is 6.42 Å². The van der Waals surface area contributed by atoms with Crippen LogP contribution in [0.25, 0.3) is 0 Å². The number of likely N-dealkylation sites (N-methyl/N-ethyl adjacent to an activating group) is 1. The van der Waals surface area contributed by atoms with E-state index in [0.29, 0.717) is 17.4 Å². The summed E-state index contributed by atoms with van der Waals surface area (Å²) in [6.07, 6.45) is 52.0. The fourth-order valence-corrected chi connectivity index (χ4v) is 5.91. The average molecular weight is 788 g/mol. The van der Waals surface area contributed by atoms with E-state index >= 15 is 0 Å². The number of nitrogens with zero attached hydrogens (tertiary/aromatic N) is 1. The second-order valence-corrected chi connectivity index (χ2v) is 16.4. The Hall–Kier alpha value is -2.58. The van der Waals surface area contributed by atoms with Crippen LogP contribution in [-0.4, -0.2) is 73.4 Å². The second-order valence-electron chi connectivity index (χ2n) is 15.0. The molecule has 8 nitrogen and oxygen atoms in total. The number of carbonyl (C=O) groups excluding carboxylic acids is 1. The molecule has 0 aromatic heterocycles. The van der Waals surface area contributed by atoms with E-state index in [1.807, 2.05) is 27.2 Å². The highest BCUT2D eigenvalue weighted by Gasteiger charge is 2.27. The van der Waals surface area contributed by atoms with Crippen molar-refractivity contribution in [3.8, 4) is 0 Å². The molecule has 3 unspecified atom stereocenters. The SMILES string of the molecule is CC/C=C\C/C=C\C/C=C\C/C=C\C/C=C\C/C=C\CCCCCCC(=O)NC(COP(=O)(O)OCC[N+](C)(C)C)C(O)/C=C/CC/C=C/CCCCCC. The van der Waals surface area contributed by atoms with Crippen molar-refractivity contribution in [1.29, 1.82) is 0 Å². The second kappa shape index (κ2) is 37.0. The van der Waals surface area contributed by atoms with Crippen LogP contribution in [0.15, 0.2) is 97.2 Å². The minimum atomic E-state index is -4.35. The minimum Gasteiger partial charge on any atom is -0.387 e. The highest BCUT2D eigenvalue weighted by molar-refractivity contribution is 7.47. The molecule has 3 atom stereocenters. The van der Waals surface area contributed by atoms with Crippen LogP contribution >= 0.6 is 7.82 Å². The van der Waals surface area contributed by atoms with Gasteiger partial charge in [0.25, 0.3) is 0 Å². The van der Waals surface area contributed by atoms with Gasteiger partial charge >= 0.3 is 7.82 Å². The summed E-state index contributed by atoms with van der Waals surface area (Å²) in [7, 11) is 1.51. The van der Waals surface area contributed by atoms with Crippen LogP contribution in [0.4, 0.5) is 0 Å². The van der Waals surface area contributed by atoms with Crippen molar-refractivity contribution >= 4 is 13.7 Å². The van der Waals surface area contributed by atoms with Gasteiger partial charge in [-0.05, 0) is 83.5 Å². The molecule has 0 aliphatic rings. The van der Waals surface area contributed by atoms with Crippen molar-refractivity contribution in [3.63, 3.8) is 0 Å². The third-order valence-corrected chi connectivity index (χ3v) is 9.52. The Labute approximate surface area is 337 Å². The molecule has 0 aromatic carbocycles. The topological polar surface area (TPSA) is 105 Å². The molecular weight excluding hydrogens is 707 g/mol. The Morgan fingerprint density at radius 1 is 0.636 bits per heavy atom. The maximum Gasteiger partial charge on any atom is 0.472 e. The molecule has 0 spiro atoms. The number of phosphoric acid groups is 1. The summed E-state index contributed by atoms with van der Waals surface area (Å²) in [5.41, 5.74) is 0. The number of hydrogen-bond acceptors (Lipinski definition) is 5. The first-order valence-corrected chi connectivity index (χ1v) is 22.6. The van der Waals surface area contributed by atoms with Crippen LogP contribution in [0.5, 0.6) is 0 Å². The Bertz CT molecular complexity index is 1210. The maximum absolute atomic E-state index is 12.8. The number of nitrogens with one attached hydrogen (secondary N) is 1. The van der Waals surface area contributed by atoms with Gasteiger partial charge < -0.3 is 19.8 Å². The van der Waals surface area contributed by atoms with Gasteiger partial charge in [-0.25, -0.2) is 4.57 Å². The molecule has 0 bridgehead atoms. The normalized spacial score (nSPS) is 15.4. The lowest BCUT2D eigenvalue weighted by Crippen LogP contribution is -2.45. The van der Waals surface area contributed by atoms with Crippen LogP contribution < -0.4 is 5.32 Å².